The van der Waals surface area contributed by atoms with Crippen molar-refractivity contribution in [1.29, 1.82) is 0 Å². The Morgan fingerprint density at radius 3 is 2.76 bits per heavy atom. The smallest absolute Gasteiger partial charge is 0.328 e. The van der Waals surface area contributed by atoms with E-state index in [9.17, 15) is 4.79 Å². The lowest BCUT2D eigenvalue weighted by Crippen LogP contribution is -2.32. The number of carbonyl (C=O) groups is 1. The first-order valence-electron chi connectivity index (χ1n) is 5.79. The maximum atomic E-state index is 11.7. The molecule has 17 heavy (non-hydrogen) atoms. The summed E-state index contributed by atoms with van der Waals surface area (Å²) in [4.78, 5) is 15.7. The third-order valence-corrected chi connectivity index (χ3v) is 2.54. The minimum absolute atomic E-state index is 0.227. The fourth-order valence-corrected chi connectivity index (χ4v) is 1.65. The molecule has 0 saturated heterocycles. The highest BCUT2D eigenvalue weighted by atomic mass is 16.5. The van der Waals surface area contributed by atoms with Crippen molar-refractivity contribution < 1.29 is 9.53 Å². The number of ether oxygens (including phenoxy) is 1. The molecule has 0 amide bonds. The average Bonchev–Trinajstić information content (AvgIpc) is 2.29. The highest BCUT2D eigenvalue weighted by Crippen LogP contribution is 2.17. The van der Waals surface area contributed by atoms with Crippen LogP contribution < -0.4 is 5.32 Å². The molecule has 1 aromatic rings. The molecule has 1 rings (SSSR count). The molecule has 4 nitrogen and oxygen atoms in total. The van der Waals surface area contributed by atoms with Gasteiger partial charge in [0.05, 0.1) is 7.11 Å². The summed E-state index contributed by atoms with van der Waals surface area (Å²) in [5, 5.41) is 3.21. The van der Waals surface area contributed by atoms with Crippen LogP contribution in [0.5, 0.6) is 0 Å². The number of hydrogen-bond acceptors (Lipinski definition) is 4. The quantitative estimate of drug-likeness (QED) is 0.797. The summed E-state index contributed by atoms with van der Waals surface area (Å²) in [6, 6.07) is 1.56. The van der Waals surface area contributed by atoms with Crippen LogP contribution in [0.3, 0.4) is 0 Å². The van der Waals surface area contributed by atoms with Crippen molar-refractivity contribution in [1.82, 2.24) is 4.98 Å². The standard InChI is InChI=1S/C13H20N2O2/c1-9(2)7-12(13(16)17-4)15-11-5-6-14-8-10(11)3/h5-6,8-9,12H,7H2,1-4H3,(H,14,15). The molecule has 1 aromatic heterocycles. The molecule has 0 spiro atoms. The van der Waals surface area contributed by atoms with Gasteiger partial charge in [0.25, 0.3) is 0 Å². The molecular weight excluding hydrogens is 216 g/mol. The lowest BCUT2D eigenvalue weighted by molar-refractivity contribution is -0.141. The van der Waals surface area contributed by atoms with Crippen molar-refractivity contribution in [2.24, 2.45) is 5.92 Å². The van der Waals surface area contributed by atoms with Gasteiger partial charge in [0.2, 0.25) is 0 Å². The number of nitrogens with zero attached hydrogens (tertiary/aromatic N) is 1. The Labute approximate surface area is 102 Å². The van der Waals surface area contributed by atoms with Crippen LogP contribution in [0.2, 0.25) is 0 Å². The second-order valence-corrected chi connectivity index (χ2v) is 4.54. The van der Waals surface area contributed by atoms with Gasteiger partial charge in [-0.1, -0.05) is 13.8 Å². The molecule has 1 atom stereocenters. The molecule has 1 heterocycles. The van der Waals surface area contributed by atoms with E-state index in [2.05, 4.69) is 24.1 Å². The van der Waals surface area contributed by atoms with Gasteiger partial charge in [-0.25, -0.2) is 4.79 Å². The number of aryl methyl sites for hydroxylation is 1. The van der Waals surface area contributed by atoms with E-state index in [1.54, 1.807) is 12.4 Å². The largest absolute Gasteiger partial charge is 0.467 e. The minimum Gasteiger partial charge on any atom is -0.467 e. The summed E-state index contributed by atoms with van der Waals surface area (Å²) >= 11 is 0. The fourth-order valence-electron chi connectivity index (χ4n) is 1.65. The molecule has 94 valence electrons. The molecule has 0 saturated carbocycles. The SMILES string of the molecule is COC(=O)C(CC(C)C)Nc1ccncc1C. The van der Waals surface area contributed by atoms with E-state index >= 15 is 0 Å². The average molecular weight is 236 g/mol. The Hall–Kier alpha value is -1.58. The van der Waals surface area contributed by atoms with Crippen LogP contribution in [-0.4, -0.2) is 24.1 Å². The van der Waals surface area contributed by atoms with Gasteiger partial charge < -0.3 is 10.1 Å². The van der Waals surface area contributed by atoms with Crippen LogP contribution in [0.1, 0.15) is 25.8 Å². The van der Waals surface area contributed by atoms with Crippen molar-refractivity contribution in [2.75, 3.05) is 12.4 Å². The molecular formula is C13H20N2O2. The number of esters is 1. The summed E-state index contributed by atoms with van der Waals surface area (Å²) in [5.74, 6) is 0.198. The maximum absolute atomic E-state index is 11.7. The van der Waals surface area contributed by atoms with Gasteiger partial charge in [-0.05, 0) is 30.9 Å². The van der Waals surface area contributed by atoms with Crippen molar-refractivity contribution in [3.8, 4) is 0 Å². The number of pyridine rings is 1. The summed E-state index contributed by atoms with van der Waals surface area (Å²) < 4.78 is 4.81. The lowest BCUT2D eigenvalue weighted by atomic mass is 10.0. The van der Waals surface area contributed by atoms with Crippen LogP contribution >= 0.6 is 0 Å². The zero-order chi connectivity index (χ0) is 12.8. The number of carbonyl (C=O) groups excluding carboxylic acids is 1. The van der Waals surface area contributed by atoms with Crippen molar-refractivity contribution in [3.05, 3.63) is 24.0 Å². The highest BCUT2D eigenvalue weighted by Gasteiger charge is 2.20. The first-order valence-corrected chi connectivity index (χ1v) is 5.79. The van der Waals surface area contributed by atoms with Crippen molar-refractivity contribution in [3.63, 3.8) is 0 Å². The molecule has 0 radical (unpaired) electrons. The fraction of sp³-hybridized carbons (Fsp3) is 0.538. The summed E-state index contributed by atoms with van der Waals surface area (Å²) in [6.07, 6.45) is 4.22. The molecule has 0 aromatic carbocycles. The monoisotopic (exact) mass is 236 g/mol. The summed E-state index contributed by atoms with van der Waals surface area (Å²) in [6.45, 7) is 6.12. The number of aromatic nitrogens is 1. The molecule has 0 bridgehead atoms. The Morgan fingerprint density at radius 1 is 1.53 bits per heavy atom. The number of anilines is 1. The van der Waals surface area contributed by atoms with Crippen LogP contribution in [0.15, 0.2) is 18.5 Å². The normalized spacial score (nSPS) is 12.3. The first-order chi connectivity index (χ1) is 8.04. The van der Waals surface area contributed by atoms with Gasteiger partial charge in [0.1, 0.15) is 6.04 Å². The van der Waals surface area contributed by atoms with Crippen molar-refractivity contribution >= 4 is 11.7 Å². The van der Waals surface area contributed by atoms with Crippen LogP contribution in [0, 0.1) is 12.8 Å². The van der Waals surface area contributed by atoms with E-state index in [4.69, 9.17) is 4.74 Å². The van der Waals surface area contributed by atoms with E-state index in [1.807, 2.05) is 13.0 Å². The van der Waals surface area contributed by atoms with Gasteiger partial charge in [0.15, 0.2) is 0 Å². The van der Waals surface area contributed by atoms with Crippen LogP contribution in [0.4, 0.5) is 5.69 Å². The Balaban J connectivity index is 2.79. The van der Waals surface area contributed by atoms with Crippen LogP contribution in [0.25, 0.3) is 0 Å². The Morgan fingerprint density at radius 2 is 2.24 bits per heavy atom. The molecule has 4 heteroatoms. The predicted molar refractivity (Wildman–Crippen MR) is 67.9 cm³/mol. The molecule has 1 unspecified atom stereocenters. The van der Waals surface area contributed by atoms with Gasteiger partial charge in [-0.3, -0.25) is 4.98 Å². The highest BCUT2D eigenvalue weighted by molar-refractivity contribution is 5.79. The van der Waals surface area contributed by atoms with Crippen LogP contribution in [-0.2, 0) is 9.53 Å². The van der Waals surface area contributed by atoms with Gasteiger partial charge >= 0.3 is 5.97 Å². The van der Waals surface area contributed by atoms with E-state index in [0.29, 0.717) is 5.92 Å². The second kappa shape index (κ2) is 6.23. The van der Waals surface area contributed by atoms with E-state index < -0.39 is 0 Å². The van der Waals surface area contributed by atoms with E-state index in [1.165, 1.54) is 7.11 Å². The number of methoxy groups -OCH3 is 1. The third-order valence-electron chi connectivity index (χ3n) is 2.54. The van der Waals surface area contributed by atoms with Gasteiger partial charge in [0, 0.05) is 18.1 Å². The van der Waals surface area contributed by atoms with E-state index in [-0.39, 0.29) is 12.0 Å². The zero-order valence-electron chi connectivity index (χ0n) is 10.9. The molecule has 0 aliphatic carbocycles. The number of hydrogen-bond donors (Lipinski definition) is 1. The Kier molecular flexibility index (Phi) is 4.94. The summed E-state index contributed by atoms with van der Waals surface area (Å²) in [5.41, 5.74) is 1.95. The third kappa shape index (κ3) is 4.06. The molecule has 0 aliphatic rings. The predicted octanol–water partition coefficient (Wildman–Crippen LogP) is 2.39. The minimum atomic E-state index is -0.305. The maximum Gasteiger partial charge on any atom is 0.328 e. The number of rotatable bonds is 5. The molecule has 0 aliphatic heterocycles. The first kappa shape index (κ1) is 13.5. The number of nitrogens with one attached hydrogen (secondary N) is 1. The van der Waals surface area contributed by atoms with E-state index in [0.717, 1.165) is 17.7 Å². The summed E-state index contributed by atoms with van der Waals surface area (Å²) in [7, 11) is 1.41. The zero-order valence-corrected chi connectivity index (χ0v) is 10.9. The molecule has 0 fully saturated rings. The topological polar surface area (TPSA) is 51.2 Å². The van der Waals surface area contributed by atoms with Gasteiger partial charge in [-0.2, -0.15) is 0 Å². The lowest BCUT2D eigenvalue weighted by Gasteiger charge is -2.20. The van der Waals surface area contributed by atoms with Gasteiger partial charge in [-0.15, -0.1) is 0 Å². The van der Waals surface area contributed by atoms with Crippen molar-refractivity contribution in [2.45, 2.75) is 33.2 Å². The second-order valence-electron chi connectivity index (χ2n) is 4.54. The Bertz CT molecular complexity index is 377. The molecule has 1 N–H and O–H groups in total.